The molecular formula is C14H24BrN5. The molecule has 112 valence electrons. The van der Waals surface area contributed by atoms with Crippen LogP contribution in [0.15, 0.2) is 10.7 Å². The molecule has 0 aliphatic heterocycles. The van der Waals surface area contributed by atoms with E-state index in [0.29, 0.717) is 22.8 Å². The lowest BCUT2D eigenvalue weighted by atomic mass is 9.63. The van der Waals surface area contributed by atoms with Crippen molar-refractivity contribution in [1.29, 1.82) is 0 Å². The third-order valence-corrected chi connectivity index (χ3v) is 4.35. The molecule has 1 aliphatic rings. The van der Waals surface area contributed by atoms with Crippen LogP contribution >= 0.6 is 15.9 Å². The minimum absolute atomic E-state index is 0.341. The number of anilines is 2. The largest absolute Gasteiger partial charge is 0.366 e. The van der Waals surface area contributed by atoms with Crippen molar-refractivity contribution in [2.24, 2.45) is 16.7 Å². The fourth-order valence-electron chi connectivity index (χ4n) is 3.68. The van der Waals surface area contributed by atoms with Crippen molar-refractivity contribution in [2.75, 3.05) is 10.7 Å². The lowest BCUT2D eigenvalue weighted by Crippen LogP contribution is -2.40. The van der Waals surface area contributed by atoms with Crippen LogP contribution in [0.2, 0.25) is 0 Å². The van der Waals surface area contributed by atoms with Crippen LogP contribution in [-0.2, 0) is 0 Å². The number of halogens is 1. The van der Waals surface area contributed by atoms with Crippen LogP contribution in [0.25, 0.3) is 0 Å². The molecule has 0 spiro atoms. The molecule has 0 atom stereocenters. The van der Waals surface area contributed by atoms with E-state index in [2.05, 4.69) is 64.3 Å². The van der Waals surface area contributed by atoms with E-state index in [1.54, 1.807) is 6.20 Å². The van der Waals surface area contributed by atoms with Gasteiger partial charge in [0.15, 0.2) is 0 Å². The molecule has 1 aromatic heterocycles. The molecule has 5 nitrogen and oxygen atoms in total. The highest BCUT2D eigenvalue weighted by Crippen LogP contribution is 2.46. The zero-order valence-corrected chi connectivity index (χ0v) is 14.2. The van der Waals surface area contributed by atoms with Gasteiger partial charge in [0.05, 0.1) is 4.47 Å². The molecule has 0 saturated heterocycles. The molecule has 1 aliphatic carbocycles. The Balaban J connectivity index is 2.17. The van der Waals surface area contributed by atoms with Crippen LogP contribution in [0.1, 0.15) is 47.0 Å². The van der Waals surface area contributed by atoms with Gasteiger partial charge in [0, 0.05) is 12.2 Å². The fourth-order valence-corrected chi connectivity index (χ4v) is 3.98. The molecule has 0 radical (unpaired) electrons. The van der Waals surface area contributed by atoms with Gasteiger partial charge in [-0.05, 0) is 46.0 Å². The van der Waals surface area contributed by atoms with E-state index >= 15 is 0 Å². The normalized spacial score (nSPS) is 21.5. The number of hydrogen-bond acceptors (Lipinski definition) is 5. The second kappa shape index (κ2) is 5.48. The number of nitrogen functional groups attached to an aromatic ring is 1. The summed E-state index contributed by atoms with van der Waals surface area (Å²) in [7, 11) is 0. The Labute approximate surface area is 129 Å². The monoisotopic (exact) mass is 341 g/mol. The summed E-state index contributed by atoms with van der Waals surface area (Å²) in [6.45, 7) is 9.35. The van der Waals surface area contributed by atoms with Gasteiger partial charge in [-0.1, -0.05) is 27.7 Å². The lowest BCUT2D eigenvalue weighted by molar-refractivity contribution is 0.105. The van der Waals surface area contributed by atoms with Gasteiger partial charge in [0.1, 0.15) is 5.82 Å². The summed E-state index contributed by atoms with van der Waals surface area (Å²) < 4.78 is 0.859. The molecule has 0 amide bonds. The molecule has 20 heavy (non-hydrogen) atoms. The third kappa shape index (κ3) is 3.82. The van der Waals surface area contributed by atoms with E-state index in [0.717, 1.165) is 23.1 Å². The molecule has 0 unspecified atom stereocenters. The second-order valence-corrected chi connectivity index (χ2v) is 8.14. The number of hydrazine groups is 1. The van der Waals surface area contributed by atoms with Crippen LogP contribution in [0.3, 0.4) is 0 Å². The number of hydrogen-bond donors (Lipinski definition) is 3. The zero-order chi connectivity index (χ0) is 15.0. The Morgan fingerprint density at radius 3 is 2.40 bits per heavy atom. The Hall–Kier alpha value is -0.880. The van der Waals surface area contributed by atoms with Gasteiger partial charge in [-0.15, -0.1) is 0 Å². The van der Waals surface area contributed by atoms with Gasteiger partial charge in [-0.25, -0.2) is 10.8 Å². The predicted octanol–water partition coefficient (Wildman–Crippen LogP) is 3.54. The van der Waals surface area contributed by atoms with Crippen LogP contribution in [-0.4, -0.2) is 16.0 Å². The molecule has 1 heterocycles. The maximum atomic E-state index is 5.37. The van der Waals surface area contributed by atoms with Crippen molar-refractivity contribution < 1.29 is 0 Å². The highest BCUT2D eigenvalue weighted by Gasteiger charge is 2.38. The van der Waals surface area contributed by atoms with Gasteiger partial charge < -0.3 is 5.32 Å². The Morgan fingerprint density at radius 1 is 1.25 bits per heavy atom. The first-order chi connectivity index (χ1) is 9.21. The first-order valence-corrected chi connectivity index (χ1v) is 7.76. The molecule has 0 aromatic carbocycles. The molecule has 6 heteroatoms. The van der Waals surface area contributed by atoms with Crippen molar-refractivity contribution in [1.82, 2.24) is 9.97 Å². The van der Waals surface area contributed by atoms with Crippen LogP contribution in [0.5, 0.6) is 0 Å². The molecule has 2 rings (SSSR count). The highest BCUT2D eigenvalue weighted by molar-refractivity contribution is 9.10. The molecule has 1 saturated carbocycles. The van der Waals surface area contributed by atoms with Gasteiger partial charge >= 0.3 is 0 Å². The SMILES string of the molecule is CC1(C)CC(Nc2nc(NN)ncc2Br)CC(C)(C)C1. The van der Waals surface area contributed by atoms with Gasteiger partial charge in [0.2, 0.25) is 5.95 Å². The minimum Gasteiger partial charge on any atom is -0.366 e. The summed E-state index contributed by atoms with van der Waals surface area (Å²) in [6, 6.07) is 0.408. The molecular weight excluding hydrogens is 318 g/mol. The van der Waals surface area contributed by atoms with Crippen LogP contribution in [0.4, 0.5) is 11.8 Å². The third-order valence-electron chi connectivity index (χ3n) is 3.77. The minimum atomic E-state index is 0.341. The summed E-state index contributed by atoms with van der Waals surface area (Å²) in [5, 5.41) is 3.54. The first kappa shape index (κ1) is 15.5. The number of aromatic nitrogens is 2. The van der Waals surface area contributed by atoms with E-state index in [1.165, 1.54) is 6.42 Å². The molecule has 0 bridgehead atoms. The average Bonchev–Trinajstić information content (AvgIpc) is 2.28. The maximum Gasteiger partial charge on any atom is 0.239 e. The smallest absolute Gasteiger partial charge is 0.239 e. The van der Waals surface area contributed by atoms with Gasteiger partial charge in [-0.3, -0.25) is 5.43 Å². The standard InChI is InChI=1S/C14H24BrN5/c1-13(2)5-9(6-14(3,4)8-13)18-11-10(15)7-17-12(19-11)20-16/h7,9H,5-6,8,16H2,1-4H3,(H2,17,18,19,20). The topological polar surface area (TPSA) is 75.9 Å². The van der Waals surface area contributed by atoms with Crippen LogP contribution in [0, 0.1) is 10.8 Å². The summed E-state index contributed by atoms with van der Waals surface area (Å²) in [5.41, 5.74) is 3.16. The first-order valence-electron chi connectivity index (χ1n) is 6.96. The number of nitrogens with two attached hydrogens (primary N) is 1. The number of nitrogens with zero attached hydrogens (tertiary/aromatic N) is 2. The van der Waals surface area contributed by atoms with E-state index in [4.69, 9.17) is 5.84 Å². The van der Waals surface area contributed by atoms with Gasteiger partial charge in [0.25, 0.3) is 0 Å². The summed E-state index contributed by atoms with van der Waals surface area (Å²) in [5.74, 6) is 6.59. The van der Waals surface area contributed by atoms with Crippen molar-refractivity contribution in [3.05, 3.63) is 10.7 Å². The summed E-state index contributed by atoms with van der Waals surface area (Å²) in [4.78, 5) is 8.45. The van der Waals surface area contributed by atoms with Crippen molar-refractivity contribution in [2.45, 2.75) is 53.0 Å². The van der Waals surface area contributed by atoms with Gasteiger partial charge in [-0.2, -0.15) is 4.98 Å². The van der Waals surface area contributed by atoms with Crippen LogP contribution < -0.4 is 16.6 Å². The Bertz CT molecular complexity index is 470. The molecule has 4 N–H and O–H groups in total. The maximum absolute atomic E-state index is 5.37. The average molecular weight is 342 g/mol. The number of nitrogens with one attached hydrogen (secondary N) is 2. The van der Waals surface area contributed by atoms with E-state index in [9.17, 15) is 0 Å². The van der Waals surface area contributed by atoms with E-state index < -0.39 is 0 Å². The fraction of sp³-hybridized carbons (Fsp3) is 0.714. The van der Waals surface area contributed by atoms with Crippen molar-refractivity contribution >= 4 is 27.7 Å². The highest BCUT2D eigenvalue weighted by atomic mass is 79.9. The zero-order valence-electron chi connectivity index (χ0n) is 12.6. The van der Waals surface area contributed by atoms with Crippen molar-refractivity contribution in [3.8, 4) is 0 Å². The Kier molecular flexibility index (Phi) is 4.25. The van der Waals surface area contributed by atoms with Crippen molar-refractivity contribution in [3.63, 3.8) is 0 Å². The van der Waals surface area contributed by atoms with E-state index in [1.807, 2.05) is 0 Å². The lowest BCUT2D eigenvalue weighted by Gasteiger charge is -2.45. The quantitative estimate of drug-likeness (QED) is 0.579. The van der Waals surface area contributed by atoms with E-state index in [-0.39, 0.29) is 0 Å². The predicted molar refractivity (Wildman–Crippen MR) is 86.4 cm³/mol. The second-order valence-electron chi connectivity index (χ2n) is 7.29. The summed E-state index contributed by atoms with van der Waals surface area (Å²) in [6.07, 6.45) is 5.24. The summed E-state index contributed by atoms with van der Waals surface area (Å²) >= 11 is 3.49. The Morgan fingerprint density at radius 2 is 1.85 bits per heavy atom. The number of rotatable bonds is 3. The molecule has 1 fully saturated rings. The molecule has 1 aromatic rings.